The lowest BCUT2D eigenvalue weighted by Gasteiger charge is -2.29. The number of hydrogen-bond donors (Lipinski definition) is 4. The van der Waals surface area contributed by atoms with Gasteiger partial charge in [0.15, 0.2) is 0 Å². The van der Waals surface area contributed by atoms with Gasteiger partial charge in [-0.25, -0.2) is 17.9 Å². The van der Waals surface area contributed by atoms with Crippen molar-refractivity contribution in [3.63, 3.8) is 0 Å². The van der Waals surface area contributed by atoms with Crippen LogP contribution in [0.25, 0.3) is 0 Å². The number of nitrogens with zero attached hydrogens (tertiary/aromatic N) is 2. The third kappa shape index (κ3) is 9.51. The fourth-order valence-corrected chi connectivity index (χ4v) is 4.90. The molecule has 0 aromatic heterocycles. The molecule has 1 aromatic rings. The largest absolute Gasteiger partial charge is 0.444 e. The average molecular weight is 553 g/mol. The molecule has 5 N–H and O–H groups in total. The van der Waals surface area contributed by atoms with Gasteiger partial charge in [0.05, 0.1) is 4.90 Å². The molecule has 13 heteroatoms. The highest BCUT2D eigenvalue weighted by atomic mass is 32.2. The van der Waals surface area contributed by atoms with Crippen molar-refractivity contribution in [3.8, 4) is 0 Å². The third-order valence-electron chi connectivity index (χ3n) is 5.68. The number of hydrogen-bond acceptors (Lipinski definition) is 7. The second kappa shape index (κ2) is 13.4. The molecule has 0 spiro atoms. The number of aliphatic imine (C=N–C) groups is 1. The number of alkyl carbamates (subject to hydrolysis) is 1. The SMILES string of the molecule is CCNC(=O)[C@@H]1CCCN1C(=O)[C@H](CCCN=C(N)NS(=O)(=O)c1ccc(C)cc1)NC(=O)OC(C)(C)C. The van der Waals surface area contributed by atoms with E-state index in [1.54, 1.807) is 39.8 Å². The molecule has 1 fully saturated rings. The predicted molar refractivity (Wildman–Crippen MR) is 144 cm³/mol. The molecule has 1 aromatic carbocycles. The number of guanidine groups is 1. The molecule has 3 amide bonds. The number of nitrogens with one attached hydrogen (secondary N) is 3. The first kappa shape index (κ1) is 30.9. The Morgan fingerprint density at radius 2 is 1.87 bits per heavy atom. The van der Waals surface area contributed by atoms with E-state index < -0.39 is 33.8 Å². The molecular formula is C25H40N6O6S. The molecule has 38 heavy (non-hydrogen) atoms. The first-order valence-electron chi connectivity index (χ1n) is 12.7. The van der Waals surface area contributed by atoms with E-state index in [1.165, 1.54) is 17.0 Å². The Balaban J connectivity index is 2.06. The van der Waals surface area contributed by atoms with Gasteiger partial charge in [0.25, 0.3) is 10.0 Å². The van der Waals surface area contributed by atoms with Crippen LogP contribution in [0, 0.1) is 6.92 Å². The minimum atomic E-state index is -3.88. The number of nitrogens with two attached hydrogens (primary N) is 1. The van der Waals surface area contributed by atoms with E-state index in [0.29, 0.717) is 32.4 Å². The molecule has 0 saturated carbocycles. The van der Waals surface area contributed by atoms with Crippen LogP contribution in [-0.2, 0) is 24.3 Å². The van der Waals surface area contributed by atoms with Crippen molar-refractivity contribution in [2.75, 3.05) is 19.6 Å². The number of rotatable bonds is 10. The fraction of sp³-hybridized carbons (Fsp3) is 0.600. The van der Waals surface area contributed by atoms with Gasteiger partial charge in [-0.3, -0.25) is 14.6 Å². The summed E-state index contributed by atoms with van der Waals surface area (Å²) >= 11 is 0. The van der Waals surface area contributed by atoms with E-state index in [0.717, 1.165) is 5.56 Å². The quantitative estimate of drug-likeness (QED) is 0.193. The fourth-order valence-electron chi connectivity index (χ4n) is 3.94. The van der Waals surface area contributed by atoms with Crippen molar-refractivity contribution < 1.29 is 27.5 Å². The van der Waals surface area contributed by atoms with Gasteiger partial charge in [-0.05, 0) is 72.4 Å². The second-order valence-electron chi connectivity index (χ2n) is 10.1. The molecule has 0 aliphatic carbocycles. The molecule has 1 saturated heterocycles. The molecule has 2 rings (SSSR count). The monoisotopic (exact) mass is 552 g/mol. The van der Waals surface area contributed by atoms with E-state index in [9.17, 15) is 22.8 Å². The first-order valence-corrected chi connectivity index (χ1v) is 14.2. The van der Waals surface area contributed by atoms with Crippen LogP contribution >= 0.6 is 0 Å². The van der Waals surface area contributed by atoms with Crippen LogP contribution in [0.4, 0.5) is 4.79 Å². The average Bonchev–Trinajstić information content (AvgIpc) is 3.29. The number of carbonyl (C=O) groups excluding carboxylic acids is 3. The van der Waals surface area contributed by atoms with Gasteiger partial charge in [-0.2, -0.15) is 0 Å². The zero-order valence-corrected chi connectivity index (χ0v) is 23.6. The highest BCUT2D eigenvalue weighted by Crippen LogP contribution is 2.20. The molecule has 12 nitrogen and oxygen atoms in total. The molecule has 1 aliphatic rings. The molecule has 212 valence electrons. The highest BCUT2D eigenvalue weighted by Gasteiger charge is 2.37. The Bertz CT molecular complexity index is 1110. The molecule has 2 atom stereocenters. The van der Waals surface area contributed by atoms with Crippen molar-refractivity contribution in [2.24, 2.45) is 10.7 Å². The van der Waals surface area contributed by atoms with Gasteiger partial charge in [0, 0.05) is 19.6 Å². The van der Waals surface area contributed by atoms with Gasteiger partial charge < -0.3 is 26.0 Å². The lowest BCUT2D eigenvalue weighted by Crippen LogP contribution is -2.54. The number of ether oxygens (including phenoxy) is 1. The Hall–Kier alpha value is -3.35. The molecule has 0 unspecified atom stereocenters. The smallest absolute Gasteiger partial charge is 0.408 e. The summed E-state index contributed by atoms with van der Waals surface area (Å²) in [7, 11) is -3.88. The number of aryl methyl sites for hydroxylation is 1. The Kier molecular flexibility index (Phi) is 10.9. The van der Waals surface area contributed by atoms with Gasteiger partial charge in [-0.1, -0.05) is 17.7 Å². The summed E-state index contributed by atoms with van der Waals surface area (Å²) < 4.78 is 32.5. The predicted octanol–water partition coefficient (Wildman–Crippen LogP) is 1.39. The van der Waals surface area contributed by atoms with E-state index in [-0.39, 0.29) is 35.6 Å². The van der Waals surface area contributed by atoms with Crippen LogP contribution < -0.4 is 21.1 Å². The van der Waals surface area contributed by atoms with Crippen LogP contribution in [0.15, 0.2) is 34.2 Å². The number of benzene rings is 1. The highest BCUT2D eigenvalue weighted by molar-refractivity contribution is 7.90. The third-order valence-corrected chi connectivity index (χ3v) is 7.05. The van der Waals surface area contributed by atoms with Gasteiger partial charge >= 0.3 is 6.09 Å². The lowest BCUT2D eigenvalue weighted by atomic mass is 10.1. The summed E-state index contributed by atoms with van der Waals surface area (Å²) in [6.45, 7) is 9.74. The van der Waals surface area contributed by atoms with Crippen molar-refractivity contribution in [1.29, 1.82) is 0 Å². The molecule has 0 bridgehead atoms. The van der Waals surface area contributed by atoms with Crippen molar-refractivity contribution in [1.82, 2.24) is 20.3 Å². The summed E-state index contributed by atoms with van der Waals surface area (Å²) in [6, 6.07) is 4.73. The molecular weight excluding hydrogens is 512 g/mol. The van der Waals surface area contributed by atoms with E-state index >= 15 is 0 Å². The van der Waals surface area contributed by atoms with Gasteiger partial charge in [-0.15, -0.1) is 0 Å². The number of likely N-dealkylation sites (N-methyl/N-ethyl adjacent to an activating group) is 1. The Morgan fingerprint density at radius 3 is 2.47 bits per heavy atom. The summed E-state index contributed by atoms with van der Waals surface area (Å²) in [5.74, 6) is -0.904. The number of sulfonamides is 1. The van der Waals surface area contributed by atoms with E-state index in [4.69, 9.17) is 10.5 Å². The first-order chi connectivity index (χ1) is 17.7. The normalized spacial score (nSPS) is 17.0. The maximum absolute atomic E-state index is 13.4. The summed E-state index contributed by atoms with van der Waals surface area (Å²) in [5.41, 5.74) is 5.94. The molecule has 1 heterocycles. The summed E-state index contributed by atoms with van der Waals surface area (Å²) in [4.78, 5) is 43.9. The zero-order chi connectivity index (χ0) is 28.5. The summed E-state index contributed by atoms with van der Waals surface area (Å²) in [6.07, 6.45) is 0.947. The number of carbonyl (C=O) groups is 3. The minimum Gasteiger partial charge on any atom is -0.444 e. The maximum Gasteiger partial charge on any atom is 0.408 e. The van der Waals surface area contributed by atoms with Crippen LogP contribution in [-0.4, -0.2) is 74.5 Å². The van der Waals surface area contributed by atoms with Crippen LogP contribution in [0.2, 0.25) is 0 Å². The van der Waals surface area contributed by atoms with Gasteiger partial charge in [0.2, 0.25) is 17.8 Å². The molecule has 1 aliphatic heterocycles. The standard InChI is InChI=1S/C25H40N6O6S/c1-6-27-21(32)20-10-8-16-31(20)22(33)19(29-24(34)37-25(3,4)5)9-7-15-28-23(26)30-38(35,36)18-13-11-17(2)12-14-18/h11-14,19-20H,6-10,15-16H2,1-5H3,(H,27,32)(H,29,34)(H3,26,28,30)/t19-,20-/m0/s1. The van der Waals surface area contributed by atoms with E-state index in [2.05, 4.69) is 20.3 Å². The van der Waals surface area contributed by atoms with Crippen LogP contribution in [0.3, 0.4) is 0 Å². The Morgan fingerprint density at radius 1 is 1.21 bits per heavy atom. The van der Waals surface area contributed by atoms with E-state index in [1.807, 2.05) is 6.92 Å². The number of amides is 3. The lowest BCUT2D eigenvalue weighted by molar-refractivity contribution is -0.140. The number of likely N-dealkylation sites (tertiary alicyclic amines) is 1. The minimum absolute atomic E-state index is 0.0562. The van der Waals surface area contributed by atoms with Crippen molar-refractivity contribution in [3.05, 3.63) is 29.8 Å². The Labute approximate surface area is 224 Å². The van der Waals surface area contributed by atoms with Gasteiger partial charge in [0.1, 0.15) is 17.7 Å². The van der Waals surface area contributed by atoms with Crippen LogP contribution in [0.5, 0.6) is 0 Å². The maximum atomic E-state index is 13.4. The van der Waals surface area contributed by atoms with Crippen molar-refractivity contribution in [2.45, 2.75) is 82.9 Å². The second-order valence-corrected chi connectivity index (χ2v) is 11.8. The molecule has 0 radical (unpaired) electrons. The van der Waals surface area contributed by atoms with Crippen LogP contribution in [0.1, 0.15) is 58.9 Å². The topological polar surface area (TPSA) is 172 Å². The summed E-state index contributed by atoms with van der Waals surface area (Å²) in [5, 5.41) is 5.37. The zero-order valence-electron chi connectivity index (χ0n) is 22.7. The van der Waals surface area contributed by atoms with Crippen molar-refractivity contribution >= 4 is 33.9 Å².